The van der Waals surface area contributed by atoms with E-state index in [0.29, 0.717) is 0 Å². The molecule has 2 rings (SSSR count). The van der Waals surface area contributed by atoms with E-state index in [-0.39, 0.29) is 5.82 Å². The first-order valence-corrected chi connectivity index (χ1v) is 4.91. The fourth-order valence-corrected chi connectivity index (χ4v) is 1.50. The van der Waals surface area contributed by atoms with Crippen molar-refractivity contribution in [3.05, 3.63) is 40.8 Å². The van der Waals surface area contributed by atoms with Gasteiger partial charge in [0.2, 0.25) is 0 Å². The maximum atomic E-state index is 12.7. The molecular weight excluding hydrogens is 247 g/mol. The number of aryl methyl sites for hydroxylation is 1. The third kappa shape index (κ3) is 1.70. The van der Waals surface area contributed by atoms with Gasteiger partial charge in [-0.2, -0.15) is 5.10 Å². The zero-order chi connectivity index (χ0) is 10.1. The number of nitrogens with zero attached hydrogens (tertiary/aromatic N) is 2. The van der Waals surface area contributed by atoms with E-state index in [4.69, 9.17) is 0 Å². The molecule has 1 heterocycles. The number of hydrogen-bond donors (Lipinski definition) is 0. The molecule has 0 amide bonds. The van der Waals surface area contributed by atoms with E-state index in [1.165, 1.54) is 12.1 Å². The number of aromatic nitrogens is 2. The molecule has 4 heteroatoms. The van der Waals surface area contributed by atoms with Crippen molar-refractivity contribution >= 4 is 15.9 Å². The van der Waals surface area contributed by atoms with Crippen LogP contribution >= 0.6 is 15.9 Å². The first-order chi connectivity index (χ1) is 6.66. The van der Waals surface area contributed by atoms with Crippen LogP contribution in [-0.4, -0.2) is 9.78 Å². The lowest BCUT2D eigenvalue weighted by atomic mass is 10.1. The van der Waals surface area contributed by atoms with Gasteiger partial charge in [-0.25, -0.2) is 4.39 Å². The van der Waals surface area contributed by atoms with Crippen LogP contribution in [0.4, 0.5) is 4.39 Å². The van der Waals surface area contributed by atoms with Gasteiger partial charge < -0.3 is 0 Å². The molecule has 0 bridgehead atoms. The average molecular weight is 255 g/mol. The first kappa shape index (κ1) is 9.40. The van der Waals surface area contributed by atoms with Crippen molar-refractivity contribution < 1.29 is 4.39 Å². The molecule has 14 heavy (non-hydrogen) atoms. The highest BCUT2D eigenvalue weighted by atomic mass is 79.9. The molecule has 72 valence electrons. The fraction of sp³-hybridized carbons (Fsp3) is 0.100. The Kier molecular flexibility index (Phi) is 2.37. The fourth-order valence-electron chi connectivity index (χ4n) is 1.21. The van der Waals surface area contributed by atoms with Gasteiger partial charge in [0.05, 0.1) is 5.69 Å². The molecular formula is C10H8BrFN2. The predicted molar refractivity (Wildman–Crippen MR) is 56.3 cm³/mol. The summed E-state index contributed by atoms with van der Waals surface area (Å²) in [7, 11) is 1.84. The van der Waals surface area contributed by atoms with Crippen LogP contribution in [0.15, 0.2) is 34.9 Å². The van der Waals surface area contributed by atoms with Gasteiger partial charge in [0.1, 0.15) is 10.4 Å². The maximum absolute atomic E-state index is 12.7. The van der Waals surface area contributed by atoms with Gasteiger partial charge in [0, 0.05) is 12.6 Å². The lowest BCUT2D eigenvalue weighted by molar-refractivity contribution is 0.628. The van der Waals surface area contributed by atoms with Gasteiger partial charge in [-0.15, -0.1) is 0 Å². The highest BCUT2D eigenvalue weighted by molar-refractivity contribution is 9.10. The number of rotatable bonds is 1. The molecule has 2 aromatic rings. The van der Waals surface area contributed by atoms with E-state index in [2.05, 4.69) is 21.0 Å². The Labute approximate surface area is 89.5 Å². The second-order valence-electron chi connectivity index (χ2n) is 2.98. The lowest BCUT2D eigenvalue weighted by Gasteiger charge is -1.94. The first-order valence-electron chi connectivity index (χ1n) is 4.12. The lowest BCUT2D eigenvalue weighted by Crippen LogP contribution is -1.89. The van der Waals surface area contributed by atoms with E-state index in [0.717, 1.165) is 15.9 Å². The normalized spacial score (nSPS) is 10.5. The minimum absolute atomic E-state index is 0.233. The van der Waals surface area contributed by atoms with Crippen LogP contribution in [0.3, 0.4) is 0 Å². The summed E-state index contributed by atoms with van der Waals surface area (Å²) in [5.41, 5.74) is 1.74. The summed E-state index contributed by atoms with van der Waals surface area (Å²) in [4.78, 5) is 0. The van der Waals surface area contributed by atoms with Crippen LogP contribution in [-0.2, 0) is 7.05 Å². The summed E-state index contributed by atoms with van der Waals surface area (Å²) in [5, 5.41) is 4.26. The molecule has 0 unspecified atom stereocenters. The Hall–Kier alpha value is -1.16. The third-order valence-corrected chi connectivity index (χ3v) is 2.70. The molecule has 1 aromatic carbocycles. The monoisotopic (exact) mass is 254 g/mol. The van der Waals surface area contributed by atoms with Gasteiger partial charge in [0.25, 0.3) is 0 Å². The Morgan fingerprint density at radius 3 is 2.43 bits per heavy atom. The summed E-state index contributed by atoms with van der Waals surface area (Å²) >= 11 is 3.35. The van der Waals surface area contributed by atoms with Crippen molar-refractivity contribution in [2.45, 2.75) is 0 Å². The molecule has 1 aromatic heterocycles. The quantitative estimate of drug-likeness (QED) is 0.765. The summed E-state index contributed by atoms with van der Waals surface area (Å²) in [6, 6.07) is 8.18. The molecule has 0 spiro atoms. The summed E-state index contributed by atoms with van der Waals surface area (Å²) < 4.78 is 15.3. The average Bonchev–Trinajstić information content (AvgIpc) is 2.48. The zero-order valence-electron chi connectivity index (χ0n) is 7.54. The highest BCUT2D eigenvalue weighted by Crippen LogP contribution is 2.21. The van der Waals surface area contributed by atoms with E-state index in [1.807, 2.05) is 13.1 Å². The van der Waals surface area contributed by atoms with Gasteiger partial charge >= 0.3 is 0 Å². The smallest absolute Gasteiger partial charge is 0.123 e. The van der Waals surface area contributed by atoms with Crippen LogP contribution in [0.25, 0.3) is 11.3 Å². The van der Waals surface area contributed by atoms with Crippen molar-refractivity contribution in [3.8, 4) is 11.3 Å². The Morgan fingerprint density at radius 2 is 1.93 bits per heavy atom. The molecule has 0 aliphatic rings. The molecule has 0 atom stereocenters. The minimum Gasteiger partial charge on any atom is -0.261 e. The molecule has 0 radical (unpaired) electrons. The molecule has 0 fully saturated rings. The van der Waals surface area contributed by atoms with Crippen LogP contribution in [0.1, 0.15) is 0 Å². The summed E-state index contributed by atoms with van der Waals surface area (Å²) in [6.45, 7) is 0. The number of hydrogen-bond acceptors (Lipinski definition) is 1. The molecule has 0 aliphatic heterocycles. The molecule has 2 nitrogen and oxygen atoms in total. The van der Waals surface area contributed by atoms with Gasteiger partial charge in [-0.1, -0.05) is 0 Å². The van der Waals surface area contributed by atoms with Crippen molar-refractivity contribution in [2.75, 3.05) is 0 Å². The van der Waals surface area contributed by atoms with E-state index < -0.39 is 0 Å². The van der Waals surface area contributed by atoms with Crippen molar-refractivity contribution in [1.82, 2.24) is 9.78 Å². The SMILES string of the molecule is Cn1nc(-c2ccc(F)cc2)cc1Br. The molecule has 0 saturated carbocycles. The van der Waals surface area contributed by atoms with Gasteiger partial charge in [0.15, 0.2) is 0 Å². The van der Waals surface area contributed by atoms with E-state index in [9.17, 15) is 4.39 Å². The second-order valence-corrected chi connectivity index (χ2v) is 3.80. The van der Waals surface area contributed by atoms with Crippen LogP contribution in [0, 0.1) is 5.82 Å². The van der Waals surface area contributed by atoms with E-state index in [1.54, 1.807) is 16.8 Å². The predicted octanol–water partition coefficient (Wildman–Crippen LogP) is 2.99. The Bertz CT molecular complexity index is 428. The minimum atomic E-state index is -0.233. The van der Waals surface area contributed by atoms with Crippen LogP contribution < -0.4 is 0 Å². The standard InChI is InChI=1S/C10H8BrFN2/c1-14-10(11)6-9(13-14)7-2-4-8(12)5-3-7/h2-6H,1H3. The van der Waals surface area contributed by atoms with Gasteiger partial charge in [-0.3, -0.25) is 4.68 Å². The zero-order valence-corrected chi connectivity index (χ0v) is 9.12. The van der Waals surface area contributed by atoms with E-state index >= 15 is 0 Å². The van der Waals surface area contributed by atoms with Crippen molar-refractivity contribution in [3.63, 3.8) is 0 Å². The Morgan fingerprint density at radius 1 is 1.29 bits per heavy atom. The number of halogens is 2. The maximum Gasteiger partial charge on any atom is 0.123 e. The molecule has 0 saturated heterocycles. The number of benzene rings is 1. The molecule has 0 aliphatic carbocycles. The molecule has 0 N–H and O–H groups in total. The topological polar surface area (TPSA) is 17.8 Å². The van der Waals surface area contributed by atoms with Crippen LogP contribution in [0.5, 0.6) is 0 Å². The van der Waals surface area contributed by atoms with Gasteiger partial charge in [-0.05, 0) is 46.3 Å². The summed E-state index contributed by atoms with van der Waals surface area (Å²) in [5.74, 6) is -0.233. The van der Waals surface area contributed by atoms with Crippen molar-refractivity contribution in [1.29, 1.82) is 0 Å². The second kappa shape index (κ2) is 3.53. The van der Waals surface area contributed by atoms with Crippen LogP contribution in [0.2, 0.25) is 0 Å². The third-order valence-electron chi connectivity index (χ3n) is 1.96. The Balaban J connectivity index is 2.44. The largest absolute Gasteiger partial charge is 0.261 e. The highest BCUT2D eigenvalue weighted by Gasteiger charge is 2.04. The van der Waals surface area contributed by atoms with Crippen molar-refractivity contribution in [2.24, 2.45) is 7.05 Å². The summed E-state index contributed by atoms with van der Waals surface area (Å²) in [6.07, 6.45) is 0.